The molecule has 0 heterocycles. The van der Waals surface area contributed by atoms with Gasteiger partial charge in [0.15, 0.2) is 0 Å². The minimum atomic E-state index is -1.61. The van der Waals surface area contributed by atoms with Crippen LogP contribution >= 0.6 is 0 Å². The summed E-state index contributed by atoms with van der Waals surface area (Å²) in [6.45, 7) is -1.74. The summed E-state index contributed by atoms with van der Waals surface area (Å²) in [5, 5.41) is 42.3. The van der Waals surface area contributed by atoms with Gasteiger partial charge in [-0.3, -0.25) is 0 Å². The lowest BCUT2D eigenvalue weighted by molar-refractivity contribution is -0.443. The monoisotopic (exact) mass is 246 g/mol. The van der Waals surface area contributed by atoms with Gasteiger partial charge in [0, 0.05) is 0 Å². The van der Waals surface area contributed by atoms with Crippen molar-refractivity contribution < 1.29 is 50.1 Å². The standard InChI is InChI=1S/C6H14O10/c7-1-4(8)15-13-3-6(10)16-12-2-5(9)14-11/h4-11H,1-3H2. The van der Waals surface area contributed by atoms with Crippen molar-refractivity contribution in [1.29, 1.82) is 0 Å². The smallest absolute Gasteiger partial charge is 0.215 e. The average Bonchev–Trinajstić information content (AvgIpc) is 2.28. The molecule has 0 aliphatic carbocycles. The second-order valence-electron chi connectivity index (χ2n) is 2.41. The van der Waals surface area contributed by atoms with Crippen LogP contribution in [-0.4, -0.2) is 64.4 Å². The molecule has 0 aliphatic rings. The molecule has 10 heteroatoms. The van der Waals surface area contributed by atoms with Gasteiger partial charge in [0.1, 0.15) is 13.2 Å². The molecular weight excluding hydrogens is 232 g/mol. The van der Waals surface area contributed by atoms with Crippen LogP contribution in [0.4, 0.5) is 0 Å². The Labute approximate surface area is 89.9 Å². The molecule has 0 radical (unpaired) electrons. The third-order valence-electron chi connectivity index (χ3n) is 1.06. The molecular formula is C6H14O10. The Morgan fingerprint density at radius 2 is 1.31 bits per heavy atom. The Bertz CT molecular complexity index is 138. The Kier molecular flexibility index (Phi) is 9.55. The van der Waals surface area contributed by atoms with E-state index >= 15 is 0 Å². The zero-order valence-electron chi connectivity index (χ0n) is 8.13. The van der Waals surface area contributed by atoms with Crippen LogP contribution in [0.1, 0.15) is 0 Å². The van der Waals surface area contributed by atoms with E-state index in [9.17, 15) is 0 Å². The number of hydrogen-bond acceptors (Lipinski definition) is 10. The van der Waals surface area contributed by atoms with Gasteiger partial charge in [0.25, 0.3) is 0 Å². The van der Waals surface area contributed by atoms with Crippen molar-refractivity contribution in [3.63, 3.8) is 0 Å². The molecule has 0 aromatic rings. The molecule has 0 fully saturated rings. The molecule has 5 N–H and O–H groups in total. The molecule has 0 rings (SSSR count). The van der Waals surface area contributed by atoms with E-state index in [2.05, 4.69) is 24.4 Å². The van der Waals surface area contributed by atoms with Crippen molar-refractivity contribution in [2.24, 2.45) is 0 Å². The lowest BCUT2D eigenvalue weighted by Gasteiger charge is -2.13. The highest BCUT2D eigenvalue weighted by Crippen LogP contribution is 1.95. The van der Waals surface area contributed by atoms with Crippen LogP contribution in [0.3, 0.4) is 0 Å². The molecule has 0 aliphatic heterocycles. The molecule has 0 saturated heterocycles. The van der Waals surface area contributed by atoms with Gasteiger partial charge in [-0.25, -0.2) is 29.7 Å². The van der Waals surface area contributed by atoms with Crippen LogP contribution in [0.2, 0.25) is 0 Å². The normalized spacial score (nSPS) is 17.1. The van der Waals surface area contributed by atoms with E-state index in [4.69, 9.17) is 25.7 Å². The summed E-state index contributed by atoms with van der Waals surface area (Å²) in [6.07, 6.45) is -4.70. The third kappa shape index (κ3) is 8.87. The average molecular weight is 246 g/mol. The fourth-order valence-corrected chi connectivity index (χ4v) is 0.441. The maximum Gasteiger partial charge on any atom is 0.215 e. The summed E-state index contributed by atoms with van der Waals surface area (Å²) >= 11 is 0. The minimum absolute atomic E-state index is 0.521. The Hall–Kier alpha value is -0.400. The molecule has 3 atom stereocenters. The van der Waals surface area contributed by atoms with Gasteiger partial charge in [-0.05, 0) is 0 Å². The van der Waals surface area contributed by atoms with Gasteiger partial charge in [-0.15, -0.1) is 0 Å². The van der Waals surface area contributed by atoms with E-state index in [0.29, 0.717) is 0 Å². The van der Waals surface area contributed by atoms with Crippen molar-refractivity contribution in [3.05, 3.63) is 0 Å². The summed E-state index contributed by atoms with van der Waals surface area (Å²) in [5.41, 5.74) is 0. The SMILES string of the molecule is OCC(O)OOCC(O)OOCC(O)OO. The Morgan fingerprint density at radius 3 is 1.81 bits per heavy atom. The van der Waals surface area contributed by atoms with Gasteiger partial charge in [-0.2, -0.15) is 0 Å². The minimum Gasteiger partial charge on any atom is -0.391 e. The first-order valence-corrected chi connectivity index (χ1v) is 4.12. The first-order valence-electron chi connectivity index (χ1n) is 4.12. The third-order valence-corrected chi connectivity index (χ3v) is 1.06. The van der Waals surface area contributed by atoms with Gasteiger partial charge < -0.3 is 20.4 Å². The van der Waals surface area contributed by atoms with Crippen molar-refractivity contribution in [2.45, 2.75) is 18.9 Å². The first-order chi connectivity index (χ1) is 7.60. The highest BCUT2D eigenvalue weighted by Gasteiger charge is 2.11. The fourth-order valence-electron chi connectivity index (χ4n) is 0.441. The van der Waals surface area contributed by atoms with Crippen molar-refractivity contribution in [1.82, 2.24) is 0 Å². The molecule has 0 spiro atoms. The number of aliphatic hydroxyl groups excluding tert-OH is 4. The van der Waals surface area contributed by atoms with Gasteiger partial charge in [-0.1, -0.05) is 0 Å². The molecule has 3 unspecified atom stereocenters. The zero-order chi connectivity index (χ0) is 12.4. The molecule has 0 amide bonds. The largest absolute Gasteiger partial charge is 0.391 e. The van der Waals surface area contributed by atoms with Crippen molar-refractivity contribution in [2.75, 3.05) is 19.8 Å². The molecule has 0 bridgehead atoms. The van der Waals surface area contributed by atoms with Crippen molar-refractivity contribution >= 4 is 0 Å². The highest BCUT2D eigenvalue weighted by molar-refractivity contribution is 4.32. The van der Waals surface area contributed by atoms with E-state index < -0.39 is 38.7 Å². The lowest BCUT2D eigenvalue weighted by atomic mass is 10.7. The number of aliphatic hydroxyl groups is 4. The maximum atomic E-state index is 8.94. The van der Waals surface area contributed by atoms with E-state index in [1.54, 1.807) is 0 Å². The van der Waals surface area contributed by atoms with E-state index in [1.807, 2.05) is 0 Å². The van der Waals surface area contributed by atoms with Crippen molar-refractivity contribution in [3.8, 4) is 0 Å². The second-order valence-corrected chi connectivity index (χ2v) is 2.41. The fraction of sp³-hybridized carbons (Fsp3) is 1.00. The first kappa shape index (κ1) is 15.6. The van der Waals surface area contributed by atoms with Crippen LogP contribution in [0, 0.1) is 0 Å². The van der Waals surface area contributed by atoms with Crippen LogP contribution < -0.4 is 0 Å². The molecule has 10 nitrogen and oxygen atoms in total. The molecule has 16 heavy (non-hydrogen) atoms. The van der Waals surface area contributed by atoms with E-state index in [0.717, 1.165) is 0 Å². The number of rotatable bonds is 10. The lowest BCUT2D eigenvalue weighted by Crippen LogP contribution is -2.25. The number of hydrogen-bond donors (Lipinski definition) is 5. The summed E-state index contributed by atoms with van der Waals surface area (Å²) < 4.78 is 0. The van der Waals surface area contributed by atoms with Gasteiger partial charge in [0.2, 0.25) is 18.9 Å². The van der Waals surface area contributed by atoms with Gasteiger partial charge in [0.05, 0.1) is 6.61 Å². The topological polar surface area (TPSA) is 147 Å². The van der Waals surface area contributed by atoms with Gasteiger partial charge >= 0.3 is 0 Å². The van der Waals surface area contributed by atoms with Crippen LogP contribution in [0.15, 0.2) is 0 Å². The van der Waals surface area contributed by atoms with Crippen LogP contribution in [-0.2, 0) is 24.4 Å². The Balaban J connectivity index is 3.34. The summed E-state index contributed by atoms with van der Waals surface area (Å²) in [7, 11) is 0. The molecule has 0 aromatic heterocycles. The maximum absolute atomic E-state index is 8.94. The Morgan fingerprint density at radius 1 is 0.812 bits per heavy atom. The predicted molar refractivity (Wildman–Crippen MR) is 42.9 cm³/mol. The summed E-state index contributed by atoms with van der Waals surface area (Å²) in [5.74, 6) is 0. The van der Waals surface area contributed by atoms with Crippen LogP contribution in [0.5, 0.6) is 0 Å². The van der Waals surface area contributed by atoms with E-state index in [-0.39, 0.29) is 0 Å². The highest BCUT2D eigenvalue weighted by atomic mass is 17.2. The summed E-state index contributed by atoms with van der Waals surface area (Å²) in [4.78, 5) is 20.1. The quantitative estimate of drug-likeness (QED) is 0.157. The predicted octanol–water partition coefficient (Wildman–Crippen LogP) is -2.68. The summed E-state index contributed by atoms with van der Waals surface area (Å²) in [6, 6.07) is 0. The molecule has 0 saturated carbocycles. The van der Waals surface area contributed by atoms with E-state index in [1.165, 1.54) is 0 Å². The zero-order valence-corrected chi connectivity index (χ0v) is 8.13. The second kappa shape index (κ2) is 9.80. The molecule has 0 aromatic carbocycles. The molecule has 98 valence electrons. The van der Waals surface area contributed by atoms with Crippen LogP contribution in [0.25, 0.3) is 0 Å².